The SMILES string of the molecule is Cc1nc(CO)sc1-c1csc(CC(=O)C2CC(N(C)Cc3ccc(C(F)(F)F)cc3)C2)n1. The molecule has 3 aromatic rings. The zero-order chi connectivity index (χ0) is 23.8. The number of hydrogen-bond donors (Lipinski definition) is 1. The van der Waals surface area contributed by atoms with Crippen LogP contribution < -0.4 is 0 Å². The number of aryl methyl sites for hydroxylation is 1. The normalized spacial score (nSPS) is 18.5. The Morgan fingerprint density at radius 1 is 1.18 bits per heavy atom. The first-order valence-corrected chi connectivity index (χ1v) is 12.2. The molecule has 0 unspecified atom stereocenters. The lowest BCUT2D eigenvalue weighted by Crippen LogP contribution is -2.45. The minimum absolute atomic E-state index is 0.0106. The first-order chi connectivity index (χ1) is 15.6. The van der Waals surface area contributed by atoms with Gasteiger partial charge in [0.1, 0.15) is 15.8 Å². The van der Waals surface area contributed by atoms with Crippen molar-refractivity contribution in [3.8, 4) is 10.6 Å². The number of aliphatic hydroxyl groups excluding tert-OH is 1. The third kappa shape index (κ3) is 5.51. The monoisotopic (exact) mass is 495 g/mol. The lowest BCUT2D eigenvalue weighted by molar-refractivity contribution is -0.137. The van der Waals surface area contributed by atoms with Crippen LogP contribution >= 0.6 is 22.7 Å². The second-order valence-corrected chi connectivity index (χ2v) is 10.4. The number of aliphatic hydroxyl groups is 1. The summed E-state index contributed by atoms with van der Waals surface area (Å²) < 4.78 is 38.1. The molecule has 10 heteroatoms. The highest BCUT2D eigenvalue weighted by molar-refractivity contribution is 7.16. The molecule has 1 aliphatic rings. The van der Waals surface area contributed by atoms with Crippen molar-refractivity contribution in [2.24, 2.45) is 5.92 Å². The fourth-order valence-electron chi connectivity index (χ4n) is 3.97. The molecule has 0 atom stereocenters. The molecule has 0 saturated heterocycles. The number of Topliss-reactive ketones (excluding diaryl/α,β-unsaturated/α-hetero) is 1. The summed E-state index contributed by atoms with van der Waals surface area (Å²) in [5.41, 5.74) is 1.79. The highest BCUT2D eigenvalue weighted by Crippen LogP contribution is 2.35. The third-order valence-electron chi connectivity index (χ3n) is 5.99. The summed E-state index contributed by atoms with van der Waals surface area (Å²) in [6.07, 6.45) is -2.52. The number of hydrogen-bond acceptors (Lipinski definition) is 7. The van der Waals surface area contributed by atoms with Crippen molar-refractivity contribution in [2.75, 3.05) is 7.05 Å². The predicted molar refractivity (Wildman–Crippen MR) is 122 cm³/mol. The Balaban J connectivity index is 1.27. The van der Waals surface area contributed by atoms with Crippen molar-refractivity contribution in [2.45, 2.75) is 51.6 Å². The zero-order valence-electron chi connectivity index (χ0n) is 18.2. The van der Waals surface area contributed by atoms with E-state index in [-0.39, 0.29) is 24.3 Å². The summed E-state index contributed by atoms with van der Waals surface area (Å²) in [5.74, 6) is 0.163. The summed E-state index contributed by atoms with van der Waals surface area (Å²) in [7, 11) is 1.94. The first kappa shape index (κ1) is 24.0. The number of ketones is 1. The van der Waals surface area contributed by atoms with Gasteiger partial charge in [0.05, 0.1) is 34.9 Å². The fraction of sp³-hybridized carbons (Fsp3) is 0.435. The molecule has 5 nitrogen and oxygen atoms in total. The van der Waals surface area contributed by atoms with Crippen molar-refractivity contribution < 1.29 is 23.1 Å². The average molecular weight is 496 g/mol. The molecule has 176 valence electrons. The van der Waals surface area contributed by atoms with Crippen molar-refractivity contribution in [1.82, 2.24) is 14.9 Å². The number of halogens is 3. The topological polar surface area (TPSA) is 66.3 Å². The molecule has 33 heavy (non-hydrogen) atoms. The van der Waals surface area contributed by atoms with Gasteiger partial charge in [-0.1, -0.05) is 12.1 Å². The van der Waals surface area contributed by atoms with Gasteiger partial charge in [-0.3, -0.25) is 9.69 Å². The van der Waals surface area contributed by atoms with E-state index in [1.54, 1.807) is 0 Å². The molecule has 1 aromatic carbocycles. The molecule has 0 bridgehead atoms. The maximum atomic E-state index is 12.7. The van der Waals surface area contributed by atoms with Gasteiger partial charge in [-0.25, -0.2) is 9.97 Å². The van der Waals surface area contributed by atoms with E-state index in [1.165, 1.54) is 34.8 Å². The van der Waals surface area contributed by atoms with E-state index in [0.29, 0.717) is 18.0 Å². The quantitative estimate of drug-likeness (QED) is 0.471. The molecule has 2 heterocycles. The first-order valence-electron chi connectivity index (χ1n) is 10.5. The van der Waals surface area contributed by atoms with Crippen LogP contribution in [0.5, 0.6) is 0 Å². The molecule has 1 aliphatic carbocycles. The zero-order valence-corrected chi connectivity index (χ0v) is 19.9. The maximum Gasteiger partial charge on any atom is 0.416 e. The molecule has 0 spiro atoms. The molecule has 0 radical (unpaired) electrons. The molecule has 2 aromatic heterocycles. The van der Waals surface area contributed by atoms with Gasteiger partial charge in [0.25, 0.3) is 0 Å². The number of benzene rings is 1. The summed E-state index contributed by atoms with van der Waals surface area (Å²) in [5, 5.41) is 12.6. The van der Waals surface area contributed by atoms with E-state index >= 15 is 0 Å². The fourth-order valence-corrected chi connectivity index (χ4v) is 5.73. The lowest BCUT2D eigenvalue weighted by atomic mass is 9.76. The molecule has 1 N–H and O–H groups in total. The molecule has 4 rings (SSSR count). The molecule has 1 fully saturated rings. The Morgan fingerprint density at radius 2 is 1.88 bits per heavy atom. The number of rotatable bonds is 8. The van der Waals surface area contributed by atoms with E-state index in [0.717, 1.165) is 51.8 Å². The van der Waals surface area contributed by atoms with Gasteiger partial charge in [0, 0.05) is 23.9 Å². The smallest absolute Gasteiger partial charge is 0.389 e. The molecular weight excluding hydrogens is 471 g/mol. The van der Waals surface area contributed by atoms with Crippen LogP contribution in [0.1, 0.15) is 39.7 Å². The van der Waals surface area contributed by atoms with Crippen LogP contribution in [0.2, 0.25) is 0 Å². The van der Waals surface area contributed by atoms with Crippen LogP contribution in [-0.2, 0) is 30.5 Å². The molecule has 0 amide bonds. The van der Waals surface area contributed by atoms with Crippen LogP contribution in [0.3, 0.4) is 0 Å². The van der Waals surface area contributed by atoms with Gasteiger partial charge in [0.15, 0.2) is 0 Å². The highest BCUT2D eigenvalue weighted by atomic mass is 32.1. The summed E-state index contributed by atoms with van der Waals surface area (Å²) in [6, 6.07) is 5.47. The third-order valence-corrected chi connectivity index (χ3v) is 8.00. The van der Waals surface area contributed by atoms with E-state index in [2.05, 4.69) is 14.9 Å². The number of aromatic nitrogens is 2. The molecule has 1 saturated carbocycles. The van der Waals surface area contributed by atoms with Crippen LogP contribution in [0.15, 0.2) is 29.6 Å². The number of carbonyl (C=O) groups excluding carboxylic acids is 1. The second-order valence-electron chi connectivity index (χ2n) is 8.38. The molecule has 0 aliphatic heterocycles. The standard InChI is InChI=1S/C23H24F3N3O2S2/c1-13-22(33-21(11-30)27-13)18-12-32-20(28-18)9-19(31)15-7-17(8-15)29(2)10-14-3-5-16(6-4-14)23(24,25)26/h3-6,12,15,17,30H,7-11H2,1-2H3. The average Bonchev–Trinajstić information content (AvgIpc) is 3.32. The van der Waals surface area contributed by atoms with Crippen LogP contribution in [0.4, 0.5) is 13.2 Å². The lowest BCUT2D eigenvalue weighted by Gasteiger charge is -2.40. The number of thiazole rings is 2. The minimum Gasteiger partial charge on any atom is -0.389 e. The Kier molecular flexibility index (Phi) is 6.99. The van der Waals surface area contributed by atoms with Gasteiger partial charge in [0.2, 0.25) is 0 Å². The maximum absolute atomic E-state index is 12.7. The Hall–Kier alpha value is -2.14. The molecular formula is C23H24F3N3O2S2. The van der Waals surface area contributed by atoms with Crippen LogP contribution in [-0.4, -0.2) is 38.8 Å². The van der Waals surface area contributed by atoms with Gasteiger partial charge in [-0.05, 0) is 44.5 Å². The van der Waals surface area contributed by atoms with E-state index in [1.807, 2.05) is 19.4 Å². The highest BCUT2D eigenvalue weighted by Gasteiger charge is 2.37. The second kappa shape index (κ2) is 9.61. The number of alkyl halides is 3. The van der Waals surface area contributed by atoms with Gasteiger partial charge >= 0.3 is 6.18 Å². The van der Waals surface area contributed by atoms with Crippen molar-refractivity contribution in [3.63, 3.8) is 0 Å². The van der Waals surface area contributed by atoms with E-state index < -0.39 is 11.7 Å². The van der Waals surface area contributed by atoms with Crippen molar-refractivity contribution in [3.05, 3.63) is 56.5 Å². The van der Waals surface area contributed by atoms with Gasteiger partial charge in [-0.2, -0.15) is 13.2 Å². The largest absolute Gasteiger partial charge is 0.416 e. The van der Waals surface area contributed by atoms with Crippen molar-refractivity contribution in [1.29, 1.82) is 0 Å². The van der Waals surface area contributed by atoms with Crippen LogP contribution in [0, 0.1) is 12.8 Å². The summed E-state index contributed by atoms with van der Waals surface area (Å²) in [6.45, 7) is 2.32. The van der Waals surface area contributed by atoms with Crippen molar-refractivity contribution >= 4 is 28.5 Å². The van der Waals surface area contributed by atoms with E-state index in [9.17, 15) is 23.1 Å². The van der Waals surface area contributed by atoms with Crippen LogP contribution in [0.25, 0.3) is 10.6 Å². The number of nitrogens with zero attached hydrogens (tertiary/aromatic N) is 3. The minimum atomic E-state index is -4.33. The predicted octanol–water partition coefficient (Wildman–Crippen LogP) is 5.11. The summed E-state index contributed by atoms with van der Waals surface area (Å²) >= 11 is 2.87. The van der Waals surface area contributed by atoms with E-state index in [4.69, 9.17) is 0 Å². The van der Waals surface area contributed by atoms with Gasteiger partial charge < -0.3 is 5.11 Å². The summed E-state index contributed by atoms with van der Waals surface area (Å²) in [4.78, 5) is 24.6. The Bertz CT molecular complexity index is 1120. The van der Waals surface area contributed by atoms with Gasteiger partial charge in [-0.15, -0.1) is 22.7 Å². The number of carbonyl (C=O) groups is 1. The Morgan fingerprint density at radius 3 is 2.48 bits per heavy atom. The Labute approximate surface area is 197 Å².